The molecule has 0 radical (unpaired) electrons. The number of hydrogen-bond donors (Lipinski definition) is 2. The molecule has 118 valence electrons. The SMILES string of the molecule is CCC(CC)NS(=O)(=O)c1ccc(OCCC(=O)O)cc1. The molecule has 1 rings (SSSR count). The molecule has 0 aliphatic carbocycles. The summed E-state index contributed by atoms with van der Waals surface area (Å²) in [6.07, 6.45) is 1.36. The van der Waals surface area contributed by atoms with Gasteiger partial charge < -0.3 is 9.84 Å². The van der Waals surface area contributed by atoms with E-state index in [9.17, 15) is 13.2 Å². The molecule has 21 heavy (non-hydrogen) atoms. The van der Waals surface area contributed by atoms with Gasteiger partial charge in [0.15, 0.2) is 0 Å². The van der Waals surface area contributed by atoms with E-state index in [4.69, 9.17) is 9.84 Å². The lowest BCUT2D eigenvalue weighted by Crippen LogP contribution is -2.33. The predicted octanol–water partition coefficient (Wildman–Crippen LogP) is 2.01. The number of carboxylic acid groups (broad SMARTS) is 1. The topological polar surface area (TPSA) is 92.7 Å². The van der Waals surface area contributed by atoms with E-state index in [1.165, 1.54) is 24.3 Å². The molecule has 2 N–H and O–H groups in total. The van der Waals surface area contributed by atoms with Crippen LogP contribution >= 0.6 is 0 Å². The Kier molecular flexibility index (Phi) is 6.64. The number of carboxylic acids is 1. The number of aliphatic carboxylic acids is 1. The number of benzene rings is 1. The minimum absolute atomic E-state index is 0.0490. The van der Waals surface area contributed by atoms with Crippen molar-refractivity contribution in [2.24, 2.45) is 0 Å². The summed E-state index contributed by atoms with van der Waals surface area (Å²) in [5, 5.41) is 8.51. The number of nitrogens with one attached hydrogen (secondary N) is 1. The van der Waals surface area contributed by atoms with Crippen molar-refractivity contribution in [1.29, 1.82) is 0 Å². The zero-order valence-corrected chi connectivity index (χ0v) is 13.0. The Bertz CT molecular complexity index is 549. The normalized spacial score (nSPS) is 11.6. The van der Waals surface area contributed by atoms with Gasteiger partial charge in [0.25, 0.3) is 0 Å². The van der Waals surface area contributed by atoms with Crippen molar-refractivity contribution >= 4 is 16.0 Å². The van der Waals surface area contributed by atoms with Gasteiger partial charge in [-0.2, -0.15) is 0 Å². The molecule has 7 heteroatoms. The van der Waals surface area contributed by atoms with Gasteiger partial charge in [0, 0.05) is 6.04 Å². The molecule has 0 saturated heterocycles. The summed E-state index contributed by atoms with van der Waals surface area (Å²) in [5.41, 5.74) is 0. The fraction of sp³-hybridized carbons (Fsp3) is 0.500. The van der Waals surface area contributed by atoms with E-state index in [1.807, 2.05) is 13.8 Å². The smallest absolute Gasteiger partial charge is 0.306 e. The highest BCUT2D eigenvalue weighted by Crippen LogP contribution is 2.17. The highest BCUT2D eigenvalue weighted by Gasteiger charge is 2.17. The molecular formula is C14H21NO5S. The van der Waals surface area contributed by atoms with Gasteiger partial charge >= 0.3 is 5.97 Å². The average Bonchev–Trinajstić information content (AvgIpc) is 2.45. The van der Waals surface area contributed by atoms with Crippen molar-refractivity contribution in [2.75, 3.05) is 6.61 Å². The van der Waals surface area contributed by atoms with Gasteiger partial charge in [-0.3, -0.25) is 4.79 Å². The van der Waals surface area contributed by atoms with Gasteiger partial charge in [0.2, 0.25) is 10.0 Å². The van der Waals surface area contributed by atoms with E-state index in [-0.39, 0.29) is 24.0 Å². The zero-order chi connectivity index (χ0) is 15.9. The minimum atomic E-state index is -3.53. The second-order valence-corrected chi connectivity index (χ2v) is 6.31. The van der Waals surface area contributed by atoms with Crippen LogP contribution < -0.4 is 9.46 Å². The van der Waals surface area contributed by atoms with Crippen LogP contribution in [0.3, 0.4) is 0 Å². The van der Waals surface area contributed by atoms with E-state index in [1.54, 1.807) is 0 Å². The lowest BCUT2D eigenvalue weighted by Gasteiger charge is -2.15. The second-order valence-electron chi connectivity index (χ2n) is 4.60. The van der Waals surface area contributed by atoms with Crippen molar-refractivity contribution in [3.05, 3.63) is 24.3 Å². The summed E-state index contributed by atoms with van der Waals surface area (Å²) in [6, 6.07) is 5.84. The van der Waals surface area contributed by atoms with Crippen molar-refractivity contribution in [2.45, 2.75) is 44.0 Å². The van der Waals surface area contributed by atoms with Crippen LogP contribution in [0.15, 0.2) is 29.2 Å². The summed E-state index contributed by atoms with van der Waals surface area (Å²) >= 11 is 0. The molecule has 0 aliphatic heterocycles. The van der Waals surface area contributed by atoms with Crippen LogP contribution in [0.5, 0.6) is 5.75 Å². The maximum atomic E-state index is 12.1. The van der Waals surface area contributed by atoms with E-state index < -0.39 is 16.0 Å². The Hall–Kier alpha value is -1.60. The molecule has 1 aromatic carbocycles. The monoisotopic (exact) mass is 315 g/mol. The van der Waals surface area contributed by atoms with Crippen molar-refractivity contribution in [3.8, 4) is 5.75 Å². The molecule has 0 amide bonds. The first-order chi connectivity index (χ1) is 9.89. The van der Waals surface area contributed by atoms with Crippen molar-refractivity contribution in [3.63, 3.8) is 0 Å². The summed E-state index contributed by atoms with van der Waals surface area (Å²) in [4.78, 5) is 10.5. The molecule has 0 aromatic heterocycles. The molecule has 0 aliphatic rings. The van der Waals surface area contributed by atoms with Gasteiger partial charge in [0.05, 0.1) is 17.9 Å². The first-order valence-electron chi connectivity index (χ1n) is 6.86. The highest BCUT2D eigenvalue weighted by molar-refractivity contribution is 7.89. The van der Waals surface area contributed by atoms with Crippen LogP contribution in [0.25, 0.3) is 0 Å². The van der Waals surface area contributed by atoms with Gasteiger partial charge in [-0.25, -0.2) is 13.1 Å². The lowest BCUT2D eigenvalue weighted by molar-refractivity contribution is -0.137. The molecule has 1 aromatic rings. The van der Waals surface area contributed by atoms with E-state index in [0.29, 0.717) is 5.75 Å². The van der Waals surface area contributed by atoms with Crippen LogP contribution in [-0.4, -0.2) is 32.1 Å². The molecule has 0 bridgehead atoms. The fourth-order valence-electron chi connectivity index (χ4n) is 1.71. The van der Waals surface area contributed by atoms with Crippen molar-refractivity contribution < 1.29 is 23.1 Å². The Morgan fingerprint density at radius 1 is 1.24 bits per heavy atom. The van der Waals surface area contributed by atoms with Gasteiger partial charge in [0.1, 0.15) is 5.75 Å². The maximum absolute atomic E-state index is 12.1. The zero-order valence-electron chi connectivity index (χ0n) is 12.2. The molecule has 0 atom stereocenters. The number of hydrogen-bond acceptors (Lipinski definition) is 4. The molecular weight excluding hydrogens is 294 g/mol. The third-order valence-electron chi connectivity index (χ3n) is 3.03. The molecule has 6 nitrogen and oxygen atoms in total. The largest absolute Gasteiger partial charge is 0.493 e. The number of ether oxygens (including phenoxy) is 1. The van der Waals surface area contributed by atoms with Gasteiger partial charge in [-0.1, -0.05) is 13.8 Å². The van der Waals surface area contributed by atoms with E-state index >= 15 is 0 Å². The summed E-state index contributed by atoms with van der Waals surface area (Å²) < 4.78 is 32.1. The molecule has 0 spiro atoms. The molecule has 0 unspecified atom stereocenters. The maximum Gasteiger partial charge on any atom is 0.306 e. The first-order valence-corrected chi connectivity index (χ1v) is 8.34. The summed E-state index contributed by atoms with van der Waals surface area (Å²) in [5.74, 6) is -0.499. The Morgan fingerprint density at radius 3 is 2.29 bits per heavy atom. The fourth-order valence-corrected chi connectivity index (χ4v) is 3.12. The quantitative estimate of drug-likeness (QED) is 0.727. The summed E-state index contributed by atoms with van der Waals surface area (Å²) in [6.45, 7) is 3.90. The van der Waals surface area contributed by atoms with E-state index in [0.717, 1.165) is 12.8 Å². The van der Waals surface area contributed by atoms with E-state index in [2.05, 4.69) is 4.72 Å². The lowest BCUT2D eigenvalue weighted by atomic mass is 10.2. The molecule has 0 fully saturated rings. The van der Waals surface area contributed by atoms with Gasteiger partial charge in [-0.15, -0.1) is 0 Å². The Morgan fingerprint density at radius 2 is 1.81 bits per heavy atom. The number of rotatable bonds is 9. The molecule has 0 saturated carbocycles. The third kappa shape index (κ3) is 5.73. The summed E-state index contributed by atoms with van der Waals surface area (Å²) in [7, 11) is -3.53. The van der Waals surface area contributed by atoms with Gasteiger partial charge in [-0.05, 0) is 37.1 Å². The first kappa shape index (κ1) is 17.5. The van der Waals surface area contributed by atoms with Crippen molar-refractivity contribution in [1.82, 2.24) is 4.72 Å². The predicted molar refractivity (Wildman–Crippen MR) is 78.9 cm³/mol. The Balaban J connectivity index is 2.70. The standard InChI is InChI=1S/C14H21NO5S/c1-3-11(4-2)15-21(18,19)13-7-5-12(6-8-13)20-10-9-14(16)17/h5-8,11,15H,3-4,9-10H2,1-2H3,(H,16,17). The highest BCUT2D eigenvalue weighted by atomic mass is 32.2. The number of sulfonamides is 1. The average molecular weight is 315 g/mol. The third-order valence-corrected chi connectivity index (χ3v) is 4.56. The number of carbonyl (C=O) groups is 1. The molecule has 0 heterocycles. The van der Waals surface area contributed by atoms with Crippen LogP contribution in [-0.2, 0) is 14.8 Å². The van der Waals surface area contributed by atoms with Crippen LogP contribution in [0, 0.1) is 0 Å². The minimum Gasteiger partial charge on any atom is -0.493 e. The Labute approximate surface area is 125 Å². The second kappa shape index (κ2) is 7.99. The van der Waals surface area contributed by atoms with Crippen LogP contribution in [0.4, 0.5) is 0 Å². The van der Waals surface area contributed by atoms with Crippen LogP contribution in [0.2, 0.25) is 0 Å². The van der Waals surface area contributed by atoms with Crippen LogP contribution in [0.1, 0.15) is 33.1 Å².